The Morgan fingerprint density at radius 3 is 2.85 bits per heavy atom. The molecule has 2 atom stereocenters. The first-order chi connectivity index (χ1) is 9.74. The van der Waals surface area contributed by atoms with Crippen molar-refractivity contribution in [3.8, 4) is 0 Å². The Morgan fingerprint density at radius 2 is 2.10 bits per heavy atom. The van der Waals surface area contributed by atoms with Crippen molar-refractivity contribution in [1.82, 2.24) is 5.32 Å². The van der Waals surface area contributed by atoms with E-state index in [1.54, 1.807) is 12.3 Å². The van der Waals surface area contributed by atoms with Crippen LogP contribution in [0.1, 0.15) is 23.8 Å². The highest BCUT2D eigenvalue weighted by Crippen LogP contribution is 2.30. The van der Waals surface area contributed by atoms with Gasteiger partial charge in [0, 0.05) is 12.6 Å². The van der Waals surface area contributed by atoms with Crippen molar-refractivity contribution in [3.63, 3.8) is 0 Å². The quantitative estimate of drug-likeness (QED) is 0.933. The summed E-state index contributed by atoms with van der Waals surface area (Å²) in [5.74, 6) is -0.851. The first kappa shape index (κ1) is 13.3. The average Bonchev–Trinajstić information content (AvgIpc) is 3.10. The van der Waals surface area contributed by atoms with E-state index in [9.17, 15) is 8.78 Å². The van der Waals surface area contributed by atoms with Gasteiger partial charge in [-0.05, 0) is 36.2 Å². The Morgan fingerprint density at radius 1 is 1.20 bits per heavy atom. The summed E-state index contributed by atoms with van der Waals surface area (Å²) >= 11 is 0. The predicted molar refractivity (Wildman–Crippen MR) is 69.0 cm³/mol. The Hall–Kier alpha value is -1.72. The molecule has 5 heteroatoms. The van der Waals surface area contributed by atoms with Gasteiger partial charge in [-0.2, -0.15) is 0 Å². The first-order valence-electron chi connectivity index (χ1n) is 6.56. The van der Waals surface area contributed by atoms with Crippen molar-refractivity contribution in [2.75, 3.05) is 6.61 Å². The zero-order chi connectivity index (χ0) is 13.9. The minimum atomic E-state index is -0.845. The highest BCUT2D eigenvalue weighted by atomic mass is 19.2. The fourth-order valence-corrected chi connectivity index (χ4v) is 2.46. The highest BCUT2D eigenvalue weighted by molar-refractivity contribution is 5.22. The van der Waals surface area contributed by atoms with Gasteiger partial charge in [-0.1, -0.05) is 6.07 Å². The molecule has 1 aliphatic rings. The second-order valence-electron chi connectivity index (χ2n) is 4.82. The molecule has 3 nitrogen and oxygen atoms in total. The molecule has 0 aliphatic carbocycles. The summed E-state index contributed by atoms with van der Waals surface area (Å²) < 4.78 is 37.2. The van der Waals surface area contributed by atoms with E-state index in [4.69, 9.17) is 9.15 Å². The summed E-state index contributed by atoms with van der Waals surface area (Å²) in [4.78, 5) is 0. The molecule has 3 rings (SSSR count). The van der Waals surface area contributed by atoms with Crippen LogP contribution in [0.4, 0.5) is 8.78 Å². The molecule has 1 aromatic heterocycles. The summed E-state index contributed by atoms with van der Waals surface area (Å²) in [6.45, 7) is 1.18. The topological polar surface area (TPSA) is 34.4 Å². The normalized spacial score (nSPS) is 22.3. The zero-order valence-electron chi connectivity index (χ0n) is 10.8. The van der Waals surface area contributed by atoms with E-state index in [-0.39, 0.29) is 12.1 Å². The molecule has 0 bridgehead atoms. The molecular weight excluding hydrogens is 264 g/mol. The van der Waals surface area contributed by atoms with E-state index < -0.39 is 11.6 Å². The summed E-state index contributed by atoms with van der Waals surface area (Å²) in [5.41, 5.74) is 0.651. The van der Waals surface area contributed by atoms with Gasteiger partial charge in [0.05, 0.1) is 18.9 Å². The Labute approximate surface area is 115 Å². The fourth-order valence-electron chi connectivity index (χ4n) is 2.46. The maximum atomic E-state index is 13.3. The van der Waals surface area contributed by atoms with Gasteiger partial charge in [-0.15, -0.1) is 0 Å². The smallest absolute Gasteiger partial charge is 0.159 e. The van der Waals surface area contributed by atoms with Crippen molar-refractivity contribution in [2.24, 2.45) is 0 Å². The van der Waals surface area contributed by atoms with E-state index in [0.717, 1.165) is 18.2 Å². The van der Waals surface area contributed by atoms with Crippen LogP contribution in [0, 0.1) is 11.6 Å². The molecule has 0 amide bonds. The van der Waals surface area contributed by atoms with Crippen LogP contribution < -0.4 is 5.32 Å². The highest BCUT2D eigenvalue weighted by Gasteiger charge is 2.30. The second kappa shape index (κ2) is 5.73. The van der Waals surface area contributed by atoms with Crippen molar-refractivity contribution >= 4 is 0 Å². The maximum Gasteiger partial charge on any atom is 0.159 e. The molecule has 0 radical (unpaired) electrons. The van der Waals surface area contributed by atoms with E-state index in [0.29, 0.717) is 18.7 Å². The number of hydrogen-bond acceptors (Lipinski definition) is 3. The van der Waals surface area contributed by atoms with Gasteiger partial charge >= 0.3 is 0 Å². The van der Waals surface area contributed by atoms with Gasteiger partial charge < -0.3 is 14.5 Å². The molecule has 1 N–H and O–H groups in total. The third kappa shape index (κ3) is 2.73. The zero-order valence-corrected chi connectivity index (χ0v) is 10.8. The molecule has 1 fully saturated rings. The largest absolute Gasteiger partial charge is 0.468 e. The lowest BCUT2D eigenvalue weighted by Crippen LogP contribution is -2.31. The molecule has 2 aromatic rings. The van der Waals surface area contributed by atoms with Gasteiger partial charge in [-0.25, -0.2) is 8.78 Å². The predicted octanol–water partition coefficient (Wildman–Crippen LogP) is 3.18. The SMILES string of the molecule is Fc1ccc([C@H]2OCC[C@@H]2NCc2ccco2)cc1F. The molecule has 106 valence electrons. The Kier molecular flexibility index (Phi) is 3.80. The van der Waals surface area contributed by atoms with Crippen LogP contribution in [-0.2, 0) is 11.3 Å². The van der Waals surface area contributed by atoms with Crippen LogP contribution in [0.2, 0.25) is 0 Å². The van der Waals surface area contributed by atoms with Gasteiger partial charge in [0.15, 0.2) is 11.6 Å². The minimum Gasteiger partial charge on any atom is -0.468 e. The van der Waals surface area contributed by atoms with Crippen molar-refractivity contribution < 1.29 is 17.9 Å². The van der Waals surface area contributed by atoms with Crippen molar-refractivity contribution in [3.05, 3.63) is 59.6 Å². The van der Waals surface area contributed by atoms with Gasteiger partial charge in [0.1, 0.15) is 5.76 Å². The summed E-state index contributed by atoms with van der Waals surface area (Å²) in [7, 11) is 0. The van der Waals surface area contributed by atoms with Crippen LogP contribution in [0.3, 0.4) is 0 Å². The molecule has 1 saturated heterocycles. The molecule has 2 heterocycles. The van der Waals surface area contributed by atoms with Crippen LogP contribution >= 0.6 is 0 Å². The van der Waals surface area contributed by atoms with Gasteiger partial charge in [0.25, 0.3) is 0 Å². The second-order valence-corrected chi connectivity index (χ2v) is 4.82. The Balaban J connectivity index is 1.69. The van der Waals surface area contributed by atoms with Crippen LogP contribution in [0.15, 0.2) is 41.0 Å². The molecule has 0 unspecified atom stereocenters. The molecule has 20 heavy (non-hydrogen) atoms. The standard InChI is InChI=1S/C15H15F2NO2/c16-12-4-3-10(8-13(12)17)15-14(5-7-20-15)18-9-11-2-1-6-19-11/h1-4,6,8,14-15,18H,5,7,9H2/t14-,15+/m0/s1. The van der Waals surface area contributed by atoms with E-state index in [1.807, 2.05) is 12.1 Å². The third-order valence-corrected chi connectivity index (χ3v) is 3.48. The summed E-state index contributed by atoms with van der Waals surface area (Å²) in [5, 5.41) is 3.33. The minimum absolute atomic E-state index is 0.0601. The fraction of sp³-hybridized carbons (Fsp3) is 0.333. The lowest BCUT2D eigenvalue weighted by Gasteiger charge is -2.20. The monoisotopic (exact) mass is 279 g/mol. The number of benzene rings is 1. The number of rotatable bonds is 4. The maximum absolute atomic E-state index is 13.3. The average molecular weight is 279 g/mol. The number of furan rings is 1. The number of hydrogen-bond donors (Lipinski definition) is 1. The van der Waals surface area contributed by atoms with Gasteiger partial charge in [-0.3, -0.25) is 0 Å². The lowest BCUT2D eigenvalue weighted by atomic mass is 10.0. The van der Waals surface area contributed by atoms with Gasteiger partial charge in [0.2, 0.25) is 0 Å². The Bertz CT molecular complexity index is 571. The number of halogens is 2. The molecule has 0 spiro atoms. The van der Waals surface area contributed by atoms with Crippen molar-refractivity contribution in [1.29, 1.82) is 0 Å². The molecule has 1 aromatic carbocycles. The van der Waals surface area contributed by atoms with Crippen molar-refractivity contribution in [2.45, 2.75) is 25.1 Å². The molecule has 1 aliphatic heterocycles. The van der Waals surface area contributed by atoms with E-state index >= 15 is 0 Å². The number of nitrogens with one attached hydrogen (secondary N) is 1. The first-order valence-corrected chi connectivity index (χ1v) is 6.56. The third-order valence-electron chi connectivity index (χ3n) is 3.48. The van der Waals surface area contributed by atoms with E-state index in [1.165, 1.54) is 6.07 Å². The number of ether oxygens (including phenoxy) is 1. The summed E-state index contributed by atoms with van der Waals surface area (Å²) in [6, 6.07) is 7.67. The van der Waals surface area contributed by atoms with E-state index in [2.05, 4.69) is 5.32 Å². The molecular formula is C15H15F2NO2. The van der Waals surface area contributed by atoms with Crippen LogP contribution in [0.25, 0.3) is 0 Å². The summed E-state index contributed by atoms with van der Waals surface area (Å²) in [6.07, 6.45) is 2.18. The van der Waals surface area contributed by atoms with Crippen LogP contribution in [-0.4, -0.2) is 12.6 Å². The molecule has 0 saturated carbocycles. The van der Waals surface area contributed by atoms with Crippen LogP contribution in [0.5, 0.6) is 0 Å². The lowest BCUT2D eigenvalue weighted by molar-refractivity contribution is 0.0977.